The fourth-order valence-electron chi connectivity index (χ4n) is 3.08. The number of anilines is 1. The zero-order valence-corrected chi connectivity index (χ0v) is 12.8. The minimum absolute atomic E-state index is 0.0235. The molecule has 0 radical (unpaired) electrons. The highest BCUT2D eigenvalue weighted by Crippen LogP contribution is 2.39. The summed E-state index contributed by atoms with van der Waals surface area (Å²) in [6.45, 7) is 4.55. The van der Waals surface area contributed by atoms with Crippen molar-refractivity contribution in [2.24, 2.45) is 0 Å². The standard InChI is InChI=1S/C19H20N2/c1-19(2)16-6-4-5-7-17(16)21(3)18(19)13-10-14-8-11-15(20)12-9-14/h4-13,20H,1-3H3/p+1. The van der Waals surface area contributed by atoms with Crippen LogP contribution in [0.3, 0.4) is 0 Å². The van der Waals surface area contributed by atoms with Crippen LogP contribution in [-0.2, 0) is 5.41 Å². The zero-order chi connectivity index (χ0) is 15.0. The molecule has 1 aliphatic rings. The second-order valence-corrected chi connectivity index (χ2v) is 6.09. The molecule has 106 valence electrons. The Kier molecular flexibility index (Phi) is 3.17. The molecule has 2 aromatic carbocycles. The van der Waals surface area contributed by atoms with Gasteiger partial charge in [0.05, 0.1) is 5.41 Å². The van der Waals surface area contributed by atoms with E-state index >= 15 is 0 Å². The number of nitrogen functional groups attached to an aromatic ring is 1. The molecule has 0 saturated heterocycles. The van der Waals surface area contributed by atoms with Crippen molar-refractivity contribution in [3.63, 3.8) is 0 Å². The van der Waals surface area contributed by atoms with Gasteiger partial charge in [-0.2, -0.15) is 4.58 Å². The van der Waals surface area contributed by atoms with E-state index in [1.807, 2.05) is 24.3 Å². The van der Waals surface area contributed by atoms with Crippen molar-refractivity contribution in [2.45, 2.75) is 19.3 Å². The highest BCUT2D eigenvalue weighted by molar-refractivity contribution is 6.05. The molecule has 0 unspecified atom stereocenters. The van der Waals surface area contributed by atoms with E-state index in [4.69, 9.17) is 5.73 Å². The van der Waals surface area contributed by atoms with Crippen molar-refractivity contribution in [3.8, 4) is 0 Å². The Balaban J connectivity index is 2.00. The van der Waals surface area contributed by atoms with Crippen molar-refractivity contribution < 1.29 is 4.58 Å². The number of hydrogen-bond donors (Lipinski definition) is 1. The molecule has 0 atom stereocenters. The summed E-state index contributed by atoms with van der Waals surface area (Å²) in [4.78, 5) is 0. The summed E-state index contributed by atoms with van der Waals surface area (Å²) in [5.74, 6) is 0. The number of hydrogen-bond acceptors (Lipinski definition) is 1. The Morgan fingerprint density at radius 2 is 1.62 bits per heavy atom. The van der Waals surface area contributed by atoms with E-state index < -0.39 is 0 Å². The first-order chi connectivity index (χ1) is 10.00. The minimum Gasteiger partial charge on any atom is -0.399 e. The van der Waals surface area contributed by atoms with E-state index in [1.54, 1.807) is 0 Å². The molecule has 2 nitrogen and oxygen atoms in total. The average molecular weight is 277 g/mol. The maximum Gasteiger partial charge on any atom is 0.209 e. The van der Waals surface area contributed by atoms with Crippen LogP contribution in [0.5, 0.6) is 0 Å². The molecule has 2 heteroatoms. The lowest BCUT2D eigenvalue weighted by Gasteiger charge is -2.15. The number of nitrogens with two attached hydrogens (primary N) is 1. The topological polar surface area (TPSA) is 29.0 Å². The molecule has 21 heavy (non-hydrogen) atoms. The van der Waals surface area contributed by atoms with Crippen LogP contribution in [0.25, 0.3) is 6.08 Å². The lowest BCUT2D eigenvalue weighted by molar-refractivity contribution is -0.401. The van der Waals surface area contributed by atoms with Gasteiger partial charge < -0.3 is 5.73 Å². The van der Waals surface area contributed by atoms with Gasteiger partial charge in [0.25, 0.3) is 0 Å². The number of para-hydroxylation sites is 1. The first-order valence-electron chi connectivity index (χ1n) is 7.24. The van der Waals surface area contributed by atoms with Gasteiger partial charge in [0, 0.05) is 23.4 Å². The van der Waals surface area contributed by atoms with Crippen LogP contribution < -0.4 is 5.73 Å². The normalized spacial score (nSPS) is 16.5. The molecule has 1 heterocycles. The smallest absolute Gasteiger partial charge is 0.209 e. The van der Waals surface area contributed by atoms with E-state index in [0.29, 0.717) is 0 Å². The molecule has 0 saturated carbocycles. The average Bonchev–Trinajstić information content (AvgIpc) is 2.67. The summed E-state index contributed by atoms with van der Waals surface area (Å²) in [7, 11) is 2.14. The summed E-state index contributed by atoms with van der Waals surface area (Å²) in [6, 6.07) is 16.6. The Hall–Kier alpha value is -2.35. The van der Waals surface area contributed by atoms with Crippen LogP contribution >= 0.6 is 0 Å². The summed E-state index contributed by atoms with van der Waals surface area (Å²) < 4.78 is 2.28. The number of fused-ring (bicyclic) bond motifs is 1. The first kappa shape index (κ1) is 13.6. The molecule has 1 aliphatic heterocycles. The Bertz CT molecular complexity index is 734. The minimum atomic E-state index is 0.0235. The van der Waals surface area contributed by atoms with Crippen molar-refractivity contribution in [1.82, 2.24) is 0 Å². The van der Waals surface area contributed by atoms with Crippen molar-refractivity contribution in [1.29, 1.82) is 0 Å². The van der Waals surface area contributed by atoms with Gasteiger partial charge in [-0.25, -0.2) is 0 Å². The molecule has 0 amide bonds. The van der Waals surface area contributed by atoms with Crippen LogP contribution in [0.4, 0.5) is 11.4 Å². The van der Waals surface area contributed by atoms with Gasteiger partial charge in [0.15, 0.2) is 5.71 Å². The Morgan fingerprint density at radius 3 is 2.29 bits per heavy atom. The van der Waals surface area contributed by atoms with Gasteiger partial charge in [0.2, 0.25) is 5.69 Å². The maximum atomic E-state index is 5.73. The van der Waals surface area contributed by atoms with E-state index in [-0.39, 0.29) is 5.41 Å². The fourth-order valence-corrected chi connectivity index (χ4v) is 3.08. The van der Waals surface area contributed by atoms with Gasteiger partial charge in [-0.3, -0.25) is 0 Å². The fraction of sp³-hybridized carbons (Fsp3) is 0.211. The van der Waals surface area contributed by atoms with Crippen LogP contribution in [0.2, 0.25) is 0 Å². The second kappa shape index (κ2) is 4.88. The monoisotopic (exact) mass is 277 g/mol. The SMILES string of the molecule is C[N+]1=C(/C=C\c2ccc(N)cc2)C(C)(C)c2ccccc21. The lowest BCUT2D eigenvalue weighted by Crippen LogP contribution is -2.26. The van der Waals surface area contributed by atoms with Crippen LogP contribution in [-0.4, -0.2) is 17.3 Å². The highest BCUT2D eigenvalue weighted by atomic mass is 15.0. The van der Waals surface area contributed by atoms with Crippen molar-refractivity contribution in [2.75, 3.05) is 12.8 Å². The molecule has 3 rings (SSSR count). The second-order valence-electron chi connectivity index (χ2n) is 6.09. The number of benzene rings is 2. The predicted octanol–water partition coefficient (Wildman–Crippen LogP) is 3.99. The molecule has 0 aromatic heterocycles. The van der Waals surface area contributed by atoms with E-state index in [1.165, 1.54) is 17.0 Å². The Labute approximate surface area is 126 Å². The van der Waals surface area contributed by atoms with Crippen LogP contribution in [0.15, 0.2) is 54.6 Å². The van der Waals surface area contributed by atoms with Crippen molar-refractivity contribution >= 4 is 23.2 Å². The molecule has 2 N–H and O–H groups in total. The molecule has 2 aromatic rings. The number of nitrogens with zero attached hydrogens (tertiary/aromatic N) is 1. The van der Waals surface area contributed by atoms with E-state index in [2.05, 4.69) is 61.9 Å². The van der Waals surface area contributed by atoms with Gasteiger partial charge in [-0.1, -0.05) is 30.3 Å². The van der Waals surface area contributed by atoms with Gasteiger partial charge in [-0.15, -0.1) is 0 Å². The van der Waals surface area contributed by atoms with Crippen LogP contribution in [0.1, 0.15) is 25.0 Å². The Morgan fingerprint density at radius 1 is 0.952 bits per heavy atom. The molecular weight excluding hydrogens is 256 g/mol. The molecule has 0 fully saturated rings. The summed E-state index contributed by atoms with van der Waals surface area (Å²) in [5.41, 5.74) is 11.7. The molecule has 0 aliphatic carbocycles. The van der Waals surface area contributed by atoms with E-state index in [9.17, 15) is 0 Å². The predicted molar refractivity (Wildman–Crippen MR) is 90.2 cm³/mol. The van der Waals surface area contributed by atoms with Gasteiger partial charge in [0.1, 0.15) is 7.05 Å². The van der Waals surface area contributed by atoms with Gasteiger partial charge >= 0.3 is 0 Å². The third kappa shape index (κ3) is 2.27. The lowest BCUT2D eigenvalue weighted by atomic mass is 9.81. The highest BCUT2D eigenvalue weighted by Gasteiger charge is 2.42. The zero-order valence-electron chi connectivity index (χ0n) is 12.8. The third-order valence-corrected chi connectivity index (χ3v) is 4.31. The summed E-state index contributed by atoms with van der Waals surface area (Å²) >= 11 is 0. The quantitative estimate of drug-likeness (QED) is 0.652. The summed E-state index contributed by atoms with van der Waals surface area (Å²) in [5, 5.41) is 0. The molecular formula is C19H21N2+. The van der Waals surface area contributed by atoms with Crippen LogP contribution in [0, 0.1) is 0 Å². The van der Waals surface area contributed by atoms with E-state index in [0.717, 1.165) is 11.3 Å². The first-order valence-corrected chi connectivity index (χ1v) is 7.24. The van der Waals surface area contributed by atoms with Gasteiger partial charge in [-0.05, 0) is 37.6 Å². The largest absolute Gasteiger partial charge is 0.399 e. The number of rotatable bonds is 2. The maximum absolute atomic E-state index is 5.73. The molecule has 0 spiro atoms. The van der Waals surface area contributed by atoms with Crippen molar-refractivity contribution in [3.05, 3.63) is 65.7 Å². The third-order valence-electron chi connectivity index (χ3n) is 4.31. The summed E-state index contributed by atoms with van der Waals surface area (Å²) in [6.07, 6.45) is 4.37. The number of allylic oxidation sites excluding steroid dienone is 1. The molecule has 0 bridgehead atoms.